The Morgan fingerprint density at radius 1 is 1.25 bits per heavy atom. The summed E-state index contributed by atoms with van der Waals surface area (Å²) in [6, 6.07) is -0.593. The number of carbonyl (C=O) groups is 3. The van der Waals surface area contributed by atoms with E-state index in [2.05, 4.69) is 18.5 Å². The van der Waals surface area contributed by atoms with Crippen LogP contribution >= 0.6 is 0 Å². The molecule has 1 saturated heterocycles. The van der Waals surface area contributed by atoms with Gasteiger partial charge < -0.3 is 4.90 Å². The summed E-state index contributed by atoms with van der Waals surface area (Å²) in [6.07, 6.45) is 7.25. The molecule has 5 nitrogen and oxygen atoms in total. The number of amides is 3. The Bertz CT molecular complexity index is 557. The maximum Gasteiger partial charge on any atom is 0.255 e. The molecule has 0 bridgehead atoms. The van der Waals surface area contributed by atoms with E-state index in [1.807, 2.05) is 0 Å². The van der Waals surface area contributed by atoms with Crippen LogP contribution in [0.5, 0.6) is 0 Å². The standard InChI is InChI=1S/C15H16N2O3/c1-3-5-6-10-9-17(15(20)11(10)4-2)12-7-8-13(18)16-14(12)19/h3-6,12H,1-2,7-9H2,(H,16,18,19)/b6-5-. The minimum absolute atomic E-state index is 0.224. The minimum atomic E-state index is -0.593. The summed E-state index contributed by atoms with van der Waals surface area (Å²) in [5.41, 5.74) is 1.29. The van der Waals surface area contributed by atoms with Crippen LogP contribution in [0.1, 0.15) is 12.8 Å². The normalized spacial score (nSPS) is 23.5. The van der Waals surface area contributed by atoms with Crippen molar-refractivity contribution in [3.8, 4) is 0 Å². The second kappa shape index (κ2) is 5.69. The van der Waals surface area contributed by atoms with E-state index in [9.17, 15) is 14.4 Å². The van der Waals surface area contributed by atoms with Gasteiger partial charge in [-0.25, -0.2) is 0 Å². The van der Waals surface area contributed by atoms with E-state index in [0.29, 0.717) is 18.5 Å². The fraction of sp³-hybridized carbons (Fsp3) is 0.267. The van der Waals surface area contributed by atoms with Gasteiger partial charge in [-0.2, -0.15) is 0 Å². The molecule has 0 aromatic rings. The summed E-state index contributed by atoms with van der Waals surface area (Å²) < 4.78 is 0. The van der Waals surface area contributed by atoms with Crippen molar-refractivity contribution >= 4 is 17.7 Å². The van der Waals surface area contributed by atoms with Crippen molar-refractivity contribution in [3.63, 3.8) is 0 Å². The molecule has 0 radical (unpaired) electrons. The Labute approximate surface area is 117 Å². The number of allylic oxidation sites excluding steroid dienone is 2. The average molecular weight is 272 g/mol. The molecule has 0 aromatic carbocycles. The Kier molecular flexibility index (Phi) is 3.98. The van der Waals surface area contributed by atoms with E-state index < -0.39 is 11.9 Å². The van der Waals surface area contributed by atoms with Crippen LogP contribution in [0.2, 0.25) is 0 Å². The Balaban J connectivity index is 2.21. The number of carbonyl (C=O) groups excluding carboxylic acids is 3. The van der Waals surface area contributed by atoms with Crippen molar-refractivity contribution in [2.75, 3.05) is 6.54 Å². The molecule has 0 aliphatic carbocycles. The first kappa shape index (κ1) is 14.0. The maximum absolute atomic E-state index is 12.3. The predicted molar refractivity (Wildman–Crippen MR) is 74.4 cm³/mol. The molecule has 2 heterocycles. The van der Waals surface area contributed by atoms with Gasteiger partial charge in [0.05, 0.1) is 0 Å². The number of imide groups is 1. The molecule has 0 spiro atoms. The molecule has 2 aliphatic heterocycles. The number of piperidine rings is 1. The number of nitrogens with one attached hydrogen (secondary N) is 1. The van der Waals surface area contributed by atoms with Crippen molar-refractivity contribution in [2.45, 2.75) is 18.9 Å². The smallest absolute Gasteiger partial charge is 0.255 e. The lowest BCUT2D eigenvalue weighted by molar-refractivity contribution is -0.142. The maximum atomic E-state index is 12.3. The molecular weight excluding hydrogens is 256 g/mol. The summed E-state index contributed by atoms with van der Waals surface area (Å²) in [5.74, 6) is -0.924. The van der Waals surface area contributed by atoms with Crippen LogP contribution in [-0.4, -0.2) is 35.2 Å². The van der Waals surface area contributed by atoms with E-state index in [1.54, 1.807) is 18.2 Å². The molecule has 104 valence electrons. The highest BCUT2D eigenvalue weighted by Gasteiger charge is 2.38. The highest BCUT2D eigenvalue weighted by Crippen LogP contribution is 2.26. The molecule has 20 heavy (non-hydrogen) atoms. The van der Waals surface area contributed by atoms with Crippen LogP contribution in [0.15, 0.2) is 48.6 Å². The van der Waals surface area contributed by atoms with Crippen molar-refractivity contribution in [1.82, 2.24) is 10.2 Å². The topological polar surface area (TPSA) is 66.5 Å². The lowest BCUT2D eigenvalue weighted by atomic mass is 10.0. The lowest BCUT2D eigenvalue weighted by Gasteiger charge is -2.29. The van der Waals surface area contributed by atoms with Crippen molar-refractivity contribution in [3.05, 3.63) is 48.6 Å². The first-order valence-electron chi connectivity index (χ1n) is 6.37. The van der Waals surface area contributed by atoms with Gasteiger partial charge in [-0.05, 0) is 12.0 Å². The molecule has 1 fully saturated rings. The highest BCUT2D eigenvalue weighted by molar-refractivity contribution is 6.06. The van der Waals surface area contributed by atoms with Crippen LogP contribution in [0.25, 0.3) is 0 Å². The molecule has 2 aliphatic rings. The van der Waals surface area contributed by atoms with Gasteiger partial charge in [-0.3, -0.25) is 19.7 Å². The Morgan fingerprint density at radius 2 is 2.00 bits per heavy atom. The highest BCUT2D eigenvalue weighted by atomic mass is 16.2. The lowest BCUT2D eigenvalue weighted by Crippen LogP contribution is -2.53. The van der Waals surface area contributed by atoms with Gasteiger partial charge in [0.1, 0.15) is 6.04 Å². The largest absolute Gasteiger partial charge is 0.322 e. The second-order valence-corrected chi connectivity index (χ2v) is 4.64. The average Bonchev–Trinajstić information content (AvgIpc) is 2.72. The Hall–Kier alpha value is -2.43. The van der Waals surface area contributed by atoms with Gasteiger partial charge in [0.25, 0.3) is 5.91 Å². The third kappa shape index (κ3) is 2.47. The fourth-order valence-corrected chi connectivity index (χ4v) is 2.41. The number of hydrogen-bond donors (Lipinski definition) is 1. The predicted octanol–water partition coefficient (Wildman–Crippen LogP) is 0.859. The zero-order chi connectivity index (χ0) is 14.7. The van der Waals surface area contributed by atoms with E-state index >= 15 is 0 Å². The van der Waals surface area contributed by atoms with Gasteiger partial charge in [0.2, 0.25) is 11.8 Å². The van der Waals surface area contributed by atoms with Gasteiger partial charge in [-0.15, -0.1) is 0 Å². The van der Waals surface area contributed by atoms with Gasteiger partial charge in [0, 0.05) is 18.5 Å². The van der Waals surface area contributed by atoms with E-state index in [4.69, 9.17) is 0 Å². The molecule has 1 atom stereocenters. The van der Waals surface area contributed by atoms with Crippen LogP contribution in [0.4, 0.5) is 0 Å². The summed E-state index contributed by atoms with van der Waals surface area (Å²) in [6.45, 7) is 7.57. The van der Waals surface area contributed by atoms with Crippen molar-refractivity contribution in [1.29, 1.82) is 0 Å². The second-order valence-electron chi connectivity index (χ2n) is 4.64. The number of hydrogen-bond acceptors (Lipinski definition) is 3. The minimum Gasteiger partial charge on any atom is -0.322 e. The fourth-order valence-electron chi connectivity index (χ4n) is 2.41. The molecule has 2 rings (SSSR count). The summed E-state index contributed by atoms with van der Waals surface area (Å²) >= 11 is 0. The Morgan fingerprint density at radius 3 is 2.60 bits per heavy atom. The van der Waals surface area contributed by atoms with E-state index in [-0.39, 0.29) is 18.2 Å². The summed E-state index contributed by atoms with van der Waals surface area (Å²) in [5, 5.41) is 2.27. The molecule has 1 unspecified atom stereocenters. The van der Waals surface area contributed by atoms with Crippen LogP contribution < -0.4 is 5.32 Å². The zero-order valence-corrected chi connectivity index (χ0v) is 11.1. The molecule has 3 amide bonds. The van der Waals surface area contributed by atoms with Crippen LogP contribution in [0.3, 0.4) is 0 Å². The number of rotatable bonds is 4. The molecule has 1 N–H and O–H groups in total. The number of nitrogens with zero attached hydrogens (tertiary/aromatic N) is 1. The summed E-state index contributed by atoms with van der Waals surface area (Å²) in [7, 11) is 0. The van der Waals surface area contributed by atoms with Crippen molar-refractivity contribution in [2.24, 2.45) is 0 Å². The van der Waals surface area contributed by atoms with Gasteiger partial charge in [0.15, 0.2) is 0 Å². The monoisotopic (exact) mass is 272 g/mol. The molecule has 5 heteroatoms. The van der Waals surface area contributed by atoms with E-state index in [1.165, 1.54) is 11.0 Å². The van der Waals surface area contributed by atoms with Gasteiger partial charge in [-0.1, -0.05) is 37.5 Å². The summed E-state index contributed by atoms with van der Waals surface area (Å²) in [4.78, 5) is 36.8. The van der Waals surface area contributed by atoms with Crippen LogP contribution in [0, 0.1) is 0 Å². The first-order chi connectivity index (χ1) is 9.58. The van der Waals surface area contributed by atoms with Crippen molar-refractivity contribution < 1.29 is 14.4 Å². The first-order valence-corrected chi connectivity index (χ1v) is 6.37. The van der Waals surface area contributed by atoms with E-state index in [0.717, 1.165) is 5.57 Å². The molecular formula is C15H16N2O3. The quantitative estimate of drug-likeness (QED) is 0.609. The third-order valence-electron chi connectivity index (χ3n) is 3.40. The zero-order valence-electron chi connectivity index (χ0n) is 11.1. The van der Waals surface area contributed by atoms with Gasteiger partial charge >= 0.3 is 0 Å². The van der Waals surface area contributed by atoms with Crippen LogP contribution in [-0.2, 0) is 14.4 Å². The SMILES string of the molecule is C=C/C=C\C1=C(C=C)C(=O)N(C2CCC(=O)NC2=O)C1. The third-order valence-corrected chi connectivity index (χ3v) is 3.40. The molecule has 0 aromatic heterocycles. The molecule has 0 saturated carbocycles.